The monoisotopic (exact) mass is 328 g/mol. The number of hydrogen-bond donors (Lipinski definition) is 1. The average Bonchev–Trinajstić information content (AvgIpc) is 3.08. The molecule has 0 radical (unpaired) electrons. The average molecular weight is 328 g/mol. The second kappa shape index (κ2) is 6.54. The first kappa shape index (κ1) is 16.9. The van der Waals surface area contributed by atoms with E-state index in [0.29, 0.717) is 5.92 Å². The fourth-order valence-electron chi connectivity index (χ4n) is 3.90. The number of carbonyl (C=O) groups excluding carboxylic acids is 1. The quantitative estimate of drug-likeness (QED) is 0.864. The number of hydrogen-bond acceptors (Lipinski definition) is 4. The van der Waals surface area contributed by atoms with E-state index in [1.165, 1.54) is 5.57 Å². The summed E-state index contributed by atoms with van der Waals surface area (Å²) in [5.41, 5.74) is 1.36. The third-order valence-corrected chi connectivity index (χ3v) is 5.36. The maximum absolute atomic E-state index is 12.7. The van der Waals surface area contributed by atoms with Gasteiger partial charge in [0.2, 0.25) is 5.91 Å². The van der Waals surface area contributed by atoms with E-state index in [9.17, 15) is 4.79 Å². The largest absolute Gasteiger partial charge is 0.353 e. The van der Waals surface area contributed by atoms with E-state index >= 15 is 0 Å². The number of allylic oxidation sites excluding steroid dienone is 2. The Hall–Kier alpha value is -1.91. The van der Waals surface area contributed by atoms with Crippen molar-refractivity contribution in [2.75, 3.05) is 18.0 Å². The summed E-state index contributed by atoms with van der Waals surface area (Å²) in [5, 5.41) is 11.4. The van der Waals surface area contributed by atoms with Gasteiger partial charge in [0.15, 0.2) is 5.82 Å². The molecule has 1 saturated carbocycles. The lowest BCUT2D eigenvalue weighted by Crippen LogP contribution is -2.48. The van der Waals surface area contributed by atoms with E-state index < -0.39 is 0 Å². The molecule has 1 amide bonds. The minimum atomic E-state index is 0.0701. The van der Waals surface area contributed by atoms with Crippen LogP contribution in [0.4, 0.5) is 5.82 Å². The standard InChI is InChI=1S/C19H28N4O/c1-13(2)11-15-17(19(15,3)4)18(24)21-14-7-6-10-23(12-14)16-8-5-9-20-22-16/h5,8-9,11,14-15,17H,6-7,10,12H2,1-4H3,(H,21,24)/t14-,15-,17-/m1/s1. The van der Waals surface area contributed by atoms with Crippen molar-refractivity contribution < 1.29 is 4.79 Å². The van der Waals surface area contributed by atoms with Crippen LogP contribution in [0.3, 0.4) is 0 Å². The molecule has 3 rings (SSSR count). The second-order valence-corrected chi connectivity index (χ2v) is 7.94. The molecule has 1 aromatic heterocycles. The fourth-order valence-corrected chi connectivity index (χ4v) is 3.90. The maximum Gasteiger partial charge on any atom is 0.224 e. The lowest BCUT2D eigenvalue weighted by molar-refractivity contribution is -0.123. The van der Waals surface area contributed by atoms with Crippen molar-refractivity contribution in [1.29, 1.82) is 0 Å². The van der Waals surface area contributed by atoms with Crippen molar-refractivity contribution >= 4 is 11.7 Å². The predicted octanol–water partition coefficient (Wildman–Crippen LogP) is 2.80. The zero-order chi connectivity index (χ0) is 17.3. The number of piperidine rings is 1. The van der Waals surface area contributed by atoms with Crippen LogP contribution in [0.2, 0.25) is 0 Å². The van der Waals surface area contributed by atoms with Crippen molar-refractivity contribution in [3.05, 3.63) is 30.0 Å². The van der Waals surface area contributed by atoms with E-state index in [2.05, 4.69) is 54.2 Å². The summed E-state index contributed by atoms with van der Waals surface area (Å²) < 4.78 is 0. The SMILES string of the molecule is CC(C)=C[C@@H]1[C@H](C(=O)N[C@@H]2CCCN(c3cccnn3)C2)C1(C)C. The summed E-state index contributed by atoms with van der Waals surface area (Å²) in [4.78, 5) is 15.0. The summed E-state index contributed by atoms with van der Waals surface area (Å²) in [6, 6.07) is 4.07. The molecule has 2 aliphatic rings. The number of aromatic nitrogens is 2. The Morgan fingerprint density at radius 3 is 2.88 bits per heavy atom. The number of nitrogens with one attached hydrogen (secondary N) is 1. The molecule has 24 heavy (non-hydrogen) atoms. The molecule has 1 N–H and O–H groups in total. The van der Waals surface area contributed by atoms with E-state index in [0.717, 1.165) is 31.7 Å². The van der Waals surface area contributed by atoms with Crippen LogP contribution in [0.5, 0.6) is 0 Å². The van der Waals surface area contributed by atoms with Gasteiger partial charge < -0.3 is 10.2 Å². The van der Waals surface area contributed by atoms with Gasteiger partial charge in [0.1, 0.15) is 0 Å². The van der Waals surface area contributed by atoms with Crippen LogP contribution >= 0.6 is 0 Å². The molecule has 1 saturated heterocycles. The molecule has 5 nitrogen and oxygen atoms in total. The molecule has 3 atom stereocenters. The third-order valence-electron chi connectivity index (χ3n) is 5.36. The van der Waals surface area contributed by atoms with Gasteiger partial charge in [-0.2, -0.15) is 5.10 Å². The van der Waals surface area contributed by atoms with Gasteiger partial charge in [-0.3, -0.25) is 4.79 Å². The van der Waals surface area contributed by atoms with Gasteiger partial charge in [0.05, 0.1) is 5.92 Å². The van der Waals surface area contributed by atoms with Crippen LogP contribution in [0.25, 0.3) is 0 Å². The van der Waals surface area contributed by atoms with Crippen molar-refractivity contribution in [3.8, 4) is 0 Å². The molecular weight excluding hydrogens is 300 g/mol. The van der Waals surface area contributed by atoms with Gasteiger partial charge in [-0.1, -0.05) is 25.5 Å². The van der Waals surface area contributed by atoms with E-state index in [-0.39, 0.29) is 23.3 Å². The summed E-state index contributed by atoms with van der Waals surface area (Å²) in [6.45, 7) is 10.4. The smallest absolute Gasteiger partial charge is 0.224 e. The van der Waals surface area contributed by atoms with Crippen molar-refractivity contribution in [1.82, 2.24) is 15.5 Å². The van der Waals surface area contributed by atoms with Crippen molar-refractivity contribution in [3.63, 3.8) is 0 Å². The van der Waals surface area contributed by atoms with Crippen LogP contribution in [-0.4, -0.2) is 35.2 Å². The Balaban J connectivity index is 1.60. The first-order chi connectivity index (χ1) is 11.4. The Morgan fingerprint density at radius 1 is 1.42 bits per heavy atom. The highest BCUT2D eigenvalue weighted by atomic mass is 16.2. The normalized spacial score (nSPS) is 28.2. The minimum absolute atomic E-state index is 0.0701. The van der Waals surface area contributed by atoms with Crippen molar-refractivity contribution in [2.24, 2.45) is 17.3 Å². The molecule has 2 heterocycles. The zero-order valence-electron chi connectivity index (χ0n) is 15.1. The van der Waals surface area contributed by atoms with Gasteiger partial charge >= 0.3 is 0 Å². The second-order valence-electron chi connectivity index (χ2n) is 7.94. The highest BCUT2D eigenvalue weighted by Crippen LogP contribution is 2.59. The fraction of sp³-hybridized carbons (Fsp3) is 0.632. The van der Waals surface area contributed by atoms with Crippen LogP contribution in [0.1, 0.15) is 40.5 Å². The lowest BCUT2D eigenvalue weighted by Gasteiger charge is -2.33. The zero-order valence-corrected chi connectivity index (χ0v) is 15.1. The van der Waals surface area contributed by atoms with E-state index in [4.69, 9.17) is 0 Å². The minimum Gasteiger partial charge on any atom is -0.353 e. The molecule has 1 aromatic rings. The molecule has 0 spiro atoms. The molecule has 1 aliphatic heterocycles. The summed E-state index contributed by atoms with van der Waals surface area (Å²) in [6.07, 6.45) is 6.03. The van der Waals surface area contributed by atoms with Gasteiger partial charge in [0, 0.05) is 25.3 Å². The number of carbonyl (C=O) groups is 1. The molecule has 2 fully saturated rings. The van der Waals surface area contributed by atoms with E-state index in [1.54, 1.807) is 6.20 Å². The topological polar surface area (TPSA) is 58.1 Å². The Labute approximate surface area is 144 Å². The lowest BCUT2D eigenvalue weighted by atomic mass is 10.0. The van der Waals surface area contributed by atoms with E-state index in [1.807, 2.05) is 12.1 Å². The Morgan fingerprint density at radius 2 is 2.21 bits per heavy atom. The molecule has 0 unspecified atom stereocenters. The third kappa shape index (κ3) is 3.45. The summed E-state index contributed by atoms with van der Waals surface area (Å²) in [7, 11) is 0. The number of amides is 1. The molecule has 5 heteroatoms. The maximum atomic E-state index is 12.7. The van der Waals surface area contributed by atoms with Gasteiger partial charge in [-0.25, -0.2) is 0 Å². The number of nitrogens with zero attached hydrogens (tertiary/aromatic N) is 3. The first-order valence-corrected chi connectivity index (χ1v) is 8.87. The summed E-state index contributed by atoms with van der Waals surface area (Å²) >= 11 is 0. The van der Waals surface area contributed by atoms with Crippen LogP contribution in [0, 0.1) is 17.3 Å². The Kier molecular flexibility index (Phi) is 4.61. The van der Waals surface area contributed by atoms with Gasteiger partial charge in [-0.15, -0.1) is 5.10 Å². The number of rotatable bonds is 4. The molecule has 130 valence electrons. The molecule has 1 aliphatic carbocycles. The number of anilines is 1. The van der Waals surface area contributed by atoms with Gasteiger partial charge in [0.25, 0.3) is 0 Å². The molecule has 0 aromatic carbocycles. The highest BCUT2D eigenvalue weighted by Gasteiger charge is 2.60. The summed E-state index contributed by atoms with van der Waals surface area (Å²) in [5.74, 6) is 1.56. The Bertz CT molecular complexity index is 622. The van der Waals surface area contributed by atoms with Crippen LogP contribution in [-0.2, 0) is 4.79 Å². The predicted molar refractivity (Wildman–Crippen MR) is 95.6 cm³/mol. The van der Waals surface area contributed by atoms with Gasteiger partial charge in [-0.05, 0) is 50.2 Å². The van der Waals surface area contributed by atoms with Crippen LogP contribution in [0.15, 0.2) is 30.0 Å². The molecular formula is C19H28N4O. The van der Waals surface area contributed by atoms with Crippen molar-refractivity contribution in [2.45, 2.75) is 46.6 Å². The van der Waals surface area contributed by atoms with Crippen LogP contribution < -0.4 is 10.2 Å². The first-order valence-electron chi connectivity index (χ1n) is 8.87. The highest BCUT2D eigenvalue weighted by molar-refractivity contribution is 5.84. The molecule has 0 bridgehead atoms.